The molecule has 5 heteroatoms. The van der Waals surface area contributed by atoms with Crippen molar-refractivity contribution in [2.24, 2.45) is 5.41 Å². The fourth-order valence-electron chi connectivity index (χ4n) is 3.22. The summed E-state index contributed by atoms with van der Waals surface area (Å²) in [5, 5.41) is 18.4. The first-order valence-electron chi connectivity index (χ1n) is 7.35. The lowest BCUT2D eigenvalue weighted by molar-refractivity contribution is 0.242. The van der Waals surface area contributed by atoms with Crippen molar-refractivity contribution in [2.75, 3.05) is 6.61 Å². The van der Waals surface area contributed by atoms with Crippen molar-refractivity contribution >= 4 is 9.84 Å². The molecule has 0 saturated heterocycles. The molecule has 1 N–H and O–H groups in total. The van der Waals surface area contributed by atoms with E-state index in [0.29, 0.717) is 0 Å². The first kappa shape index (κ1) is 15.7. The molecule has 0 aliphatic heterocycles. The van der Waals surface area contributed by atoms with Gasteiger partial charge in [0.05, 0.1) is 22.8 Å². The van der Waals surface area contributed by atoms with Gasteiger partial charge in [0.2, 0.25) is 0 Å². The molecular formula is C18H17NO3S. The van der Waals surface area contributed by atoms with Gasteiger partial charge in [-0.1, -0.05) is 48.0 Å². The molecule has 3 atom stereocenters. The zero-order valence-electron chi connectivity index (χ0n) is 12.7. The predicted octanol–water partition coefficient (Wildman–Crippen LogP) is 2.44. The molecule has 0 bridgehead atoms. The Morgan fingerprint density at radius 1 is 1.13 bits per heavy atom. The number of nitrogens with zero attached hydrogens (tertiary/aromatic N) is 1. The molecule has 0 spiro atoms. The Labute approximate surface area is 135 Å². The van der Waals surface area contributed by atoms with Crippen LogP contribution in [0.25, 0.3) is 0 Å². The van der Waals surface area contributed by atoms with Crippen LogP contribution in [0.15, 0.2) is 59.5 Å². The van der Waals surface area contributed by atoms with E-state index in [1.165, 1.54) is 12.1 Å². The van der Waals surface area contributed by atoms with Crippen LogP contribution < -0.4 is 0 Å². The van der Waals surface area contributed by atoms with Gasteiger partial charge in [-0.25, -0.2) is 8.42 Å². The molecule has 1 aliphatic rings. The second-order valence-corrected chi connectivity index (χ2v) is 8.05. The maximum atomic E-state index is 12.9. The molecule has 1 fully saturated rings. The Hall–Kier alpha value is -2.16. The summed E-state index contributed by atoms with van der Waals surface area (Å²) in [4.78, 5) is 0.188. The van der Waals surface area contributed by atoms with Crippen LogP contribution in [0.3, 0.4) is 0 Å². The van der Waals surface area contributed by atoms with Crippen LogP contribution in [0.5, 0.6) is 0 Å². The fraction of sp³-hybridized carbons (Fsp3) is 0.278. The Balaban J connectivity index is 2.07. The highest BCUT2D eigenvalue weighted by Crippen LogP contribution is 2.63. The first-order chi connectivity index (χ1) is 11.0. The zero-order chi connectivity index (χ0) is 16.7. The van der Waals surface area contributed by atoms with Crippen molar-refractivity contribution < 1.29 is 13.5 Å². The normalized spacial score (nSPS) is 26.5. The maximum absolute atomic E-state index is 12.9. The van der Waals surface area contributed by atoms with E-state index in [0.717, 1.165) is 11.1 Å². The number of benzene rings is 2. The van der Waals surface area contributed by atoms with E-state index in [2.05, 4.69) is 6.07 Å². The third-order valence-corrected chi connectivity index (χ3v) is 6.86. The summed E-state index contributed by atoms with van der Waals surface area (Å²) in [5.41, 5.74) is 0.559. The maximum Gasteiger partial charge on any atom is 0.183 e. The van der Waals surface area contributed by atoms with Gasteiger partial charge >= 0.3 is 0 Å². The molecule has 0 heterocycles. The van der Waals surface area contributed by atoms with Crippen LogP contribution in [-0.2, 0) is 9.84 Å². The fourth-order valence-corrected chi connectivity index (χ4v) is 5.56. The molecule has 1 saturated carbocycles. The number of aryl methyl sites for hydroxylation is 1. The van der Waals surface area contributed by atoms with Crippen LogP contribution in [0.1, 0.15) is 17.0 Å². The van der Waals surface area contributed by atoms with Crippen LogP contribution in [-0.4, -0.2) is 25.4 Å². The van der Waals surface area contributed by atoms with Gasteiger partial charge in [0.15, 0.2) is 9.84 Å². The largest absolute Gasteiger partial charge is 0.395 e. The van der Waals surface area contributed by atoms with Gasteiger partial charge in [0.1, 0.15) is 5.41 Å². The van der Waals surface area contributed by atoms with Crippen molar-refractivity contribution in [3.8, 4) is 6.07 Å². The Morgan fingerprint density at radius 3 is 2.26 bits per heavy atom. The number of aliphatic hydroxyl groups is 1. The van der Waals surface area contributed by atoms with Gasteiger partial charge in [0.25, 0.3) is 0 Å². The van der Waals surface area contributed by atoms with Crippen LogP contribution in [0, 0.1) is 23.7 Å². The summed E-state index contributed by atoms with van der Waals surface area (Å²) < 4.78 is 25.8. The average Bonchev–Trinajstić information content (AvgIpc) is 3.27. The zero-order valence-corrected chi connectivity index (χ0v) is 13.5. The number of hydrogen-bond donors (Lipinski definition) is 1. The highest BCUT2D eigenvalue weighted by atomic mass is 32.2. The number of aliphatic hydroxyl groups excluding tert-OH is 1. The van der Waals surface area contributed by atoms with Crippen LogP contribution in [0.2, 0.25) is 0 Å². The van der Waals surface area contributed by atoms with E-state index in [-0.39, 0.29) is 4.90 Å². The van der Waals surface area contributed by atoms with Gasteiger partial charge in [-0.05, 0) is 24.6 Å². The second-order valence-electron chi connectivity index (χ2n) is 5.98. The molecule has 118 valence electrons. The van der Waals surface area contributed by atoms with E-state index in [1.807, 2.05) is 31.2 Å². The van der Waals surface area contributed by atoms with Crippen molar-refractivity contribution in [3.05, 3.63) is 65.7 Å². The molecule has 4 nitrogen and oxygen atoms in total. The molecule has 0 aromatic heterocycles. The molecule has 2 aromatic carbocycles. The van der Waals surface area contributed by atoms with Crippen LogP contribution in [0.4, 0.5) is 0 Å². The van der Waals surface area contributed by atoms with Crippen LogP contribution >= 0.6 is 0 Å². The quantitative estimate of drug-likeness (QED) is 0.935. The molecule has 0 unspecified atom stereocenters. The molecule has 0 amide bonds. The second kappa shape index (κ2) is 5.48. The summed E-state index contributed by atoms with van der Waals surface area (Å²) in [6.07, 6.45) is 0. The van der Waals surface area contributed by atoms with Crippen molar-refractivity contribution in [1.82, 2.24) is 0 Å². The predicted molar refractivity (Wildman–Crippen MR) is 86.5 cm³/mol. The number of nitriles is 1. The smallest absolute Gasteiger partial charge is 0.183 e. The van der Waals surface area contributed by atoms with E-state index in [1.54, 1.807) is 18.2 Å². The van der Waals surface area contributed by atoms with E-state index >= 15 is 0 Å². The summed E-state index contributed by atoms with van der Waals surface area (Å²) >= 11 is 0. The van der Waals surface area contributed by atoms with Gasteiger partial charge in [-0.15, -0.1) is 0 Å². The molecule has 0 radical (unpaired) electrons. The van der Waals surface area contributed by atoms with E-state index < -0.39 is 33.0 Å². The molecule has 3 rings (SSSR count). The minimum absolute atomic E-state index is 0.188. The Morgan fingerprint density at radius 2 is 1.74 bits per heavy atom. The summed E-state index contributed by atoms with van der Waals surface area (Å²) in [6, 6.07) is 17.6. The summed E-state index contributed by atoms with van der Waals surface area (Å²) in [6.45, 7) is 1.47. The summed E-state index contributed by atoms with van der Waals surface area (Å²) in [7, 11) is -3.69. The average molecular weight is 327 g/mol. The van der Waals surface area contributed by atoms with Gasteiger partial charge in [0, 0.05) is 5.92 Å². The topological polar surface area (TPSA) is 78.2 Å². The van der Waals surface area contributed by atoms with Gasteiger partial charge < -0.3 is 5.11 Å². The highest BCUT2D eigenvalue weighted by molar-refractivity contribution is 7.92. The first-order valence-corrected chi connectivity index (χ1v) is 8.89. The van der Waals surface area contributed by atoms with Crippen molar-refractivity contribution in [2.45, 2.75) is 23.0 Å². The van der Waals surface area contributed by atoms with E-state index in [4.69, 9.17) is 0 Å². The Kier molecular flexibility index (Phi) is 3.75. The minimum Gasteiger partial charge on any atom is -0.395 e. The molecular weight excluding hydrogens is 310 g/mol. The van der Waals surface area contributed by atoms with Gasteiger partial charge in [-0.2, -0.15) is 5.26 Å². The van der Waals surface area contributed by atoms with Crippen molar-refractivity contribution in [3.63, 3.8) is 0 Å². The number of hydrogen-bond acceptors (Lipinski definition) is 4. The standard InChI is InChI=1S/C18H17NO3S/c1-13-7-9-14(10-8-13)16-17(18(16,11-19)12-20)23(21,22)15-5-3-2-4-6-15/h2-10,16-17,20H,12H2,1H3/t16-,17-,18-/m0/s1. The molecule has 23 heavy (non-hydrogen) atoms. The van der Waals surface area contributed by atoms with E-state index in [9.17, 15) is 18.8 Å². The third kappa shape index (κ3) is 2.35. The minimum atomic E-state index is -3.69. The number of rotatable bonds is 4. The number of sulfone groups is 1. The SMILES string of the molecule is Cc1ccc([C@H]2[C@H](S(=O)(=O)c3ccccc3)[C@@]2(C#N)CO)cc1. The third-order valence-electron chi connectivity index (χ3n) is 4.57. The monoisotopic (exact) mass is 327 g/mol. The van der Waals surface area contributed by atoms with Gasteiger partial charge in [-0.3, -0.25) is 0 Å². The van der Waals surface area contributed by atoms with Crippen molar-refractivity contribution in [1.29, 1.82) is 5.26 Å². The lowest BCUT2D eigenvalue weighted by atomic mass is 10.0. The molecule has 1 aliphatic carbocycles. The summed E-state index contributed by atoms with van der Waals surface area (Å²) in [5.74, 6) is -0.511. The molecule has 2 aromatic rings. The Bertz CT molecular complexity index is 853. The highest BCUT2D eigenvalue weighted by Gasteiger charge is 2.72. The lowest BCUT2D eigenvalue weighted by Gasteiger charge is -2.05. The lowest BCUT2D eigenvalue weighted by Crippen LogP contribution is -2.18.